The molecule has 2 saturated carbocycles. The van der Waals surface area contributed by atoms with Crippen molar-refractivity contribution >= 4 is 0 Å². The van der Waals surface area contributed by atoms with Crippen LogP contribution in [0.2, 0.25) is 0 Å². The van der Waals surface area contributed by atoms with Gasteiger partial charge >= 0.3 is 0 Å². The van der Waals surface area contributed by atoms with Gasteiger partial charge in [0.25, 0.3) is 0 Å². The van der Waals surface area contributed by atoms with Crippen LogP contribution in [-0.4, -0.2) is 5.54 Å². The van der Waals surface area contributed by atoms with Gasteiger partial charge < -0.3 is 5.73 Å². The lowest BCUT2D eigenvalue weighted by molar-refractivity contribution is 0.553. The average molecular weight is 111 g/mol. The summed E-state index contributed by atoms with van der Waals surface area (Å²) in [5, 5.41) is 0. The molecule has 2 rings (SSSR count). The molecule has 0 spiro atoms. The third-order valence-electron chi connectivity index (χ3n) is 2.68. The van der Waals surface area contributed by atoms with E-state index >= 15 is 0 Å². The molecule has 0 radical (unpaired) electrons. The van der Waals surface area contributed by atoms with Crippen LogP contribution in [0.4, 0.5) is 0 Å². The fourth-order valence-electron chi connectivity index (χ4n) is 1.64. The maximum Gasteiger partial charge on any atom is 0.0186 e. The topological polar surface area (TPSA) is 26.0 Å². The largest absolute Gasteiger partial charge is 0.325 e. The van der Waals surface area contributed by atoms with E-state index in [2.05, 4.69) is 6.92 Å². The molecule has 2 atom stereocenters. The highest BCUT2D eigenvalue weighted by Gasteiger charge is 2.54. The normalized spacial score (nSPS) is 48.8. The number of nitrogens with two attached hydrogens (primary N) is 1. The third kappa shape index (κ3) is 0.510. The van der Waals surface area contributed by atoms with Crippen molar-refractivity contribution in [1.82, 2.24) is 0 Å². The van der Waals surface area contributed by atoms with Gasteiger partial charge in [-0.05, 0) is 31.1 Å². The monoisotopic (exact) mass is 111 g/mol. The molecule has 0 aromatic carbocycles. The number of rotatable bonds is 1. The summed E-state index contributed by atoms with van der Waals surface area (Å²) in [7, 11) is 0. The van der Waals surface area contributed by atoms with E-state index in [9.17, 15) is 0 Å². The molecule has 2 fully saturated rings. The van der Waals surface area contributed by atoms with E-state index in [1.807, 2.05) is 0 Å². The van der Waals surface area contributed by atoms with Gasteiger partial charge in [0.2, 0.25) is 0 Å². The van der Waals surface area contributed by atoms with E-state index in [0.29, 0.717) is 5.54 Å². The van der Waals surface area contributed by atoms with Crippen LogP contribution in [0.5, 0.6) is 0 Å². The second-order valence-electron chi connectivity index (χ2n) is 3.55. The molecule has 0 heterocycles. The summed E-state index contributed by atoms with van der Waals surface area (Å²) < 4.78 is 0. The van der Waals surface area contributed by atoms with Crippen LogP contribution in [-0.2, 0) is 0 Å². The van der Waals surface area contributed by atoms with Crippen LogP contribution in [0.1, 0.15) is 26.2 Å². The van der Waals surface area contributed by atoms with Gasteiger partial charge in [-0.15, -0.1) is 0 Å². The SMILES string of the molecule is CC1CC1C1(N)CC1. The predicted octanol–water partition coefficient (Wildman–Crippen LogP) is 1.13. The van der Waals surface area contributed by atoms with Crippen molar-refractivity contribution in [2.45, 2.75) is 31.7 Å². The van der Waals surface area contributed by atoms with Gasteiger partial charge in [0.15, 0.2) is 0 Å². The Hall–Kier alpha value is -0.0400. The molecule has 8 heavy (non-hydrogen) atoms. The lowest BCUT2D eigenvalue weighted by atomic mass is 10.1. The first kappa shape index (κ1) is 4.80. The molecule has 0 amide bonds. The average Bonchev–Trinajstić information content (AvgIpc) is 2.47. The van der Waals surface area contributed by atoms with Gasteiger partial charge in [0, 0.05) is 5.54 Å². The maximum atomic E-state index is 5.94. The van der Waals surface area contributed by atoms with Crippen LogP contribution in [0.15, 0.2) is 0 Å². The van der Waals surface area contributed by atoms with E-state index in [1.165, 1.54) is 19.3 Å². The van der Waals surface area contributed by atoms with Crippen LogP contribution in [0.3, 0.4) is 0 Å². The Kier molecular flexibility index (Phi) is 0.663. The summed E-state index contributed by atoms with van der Waals surface area (Å²) in [6.07, 6.45) is 3.99. The summed E-state index contributed by atoms with van der Waals surface area (Å²) in [6, 6.07) is 0. The highest BCUT2D eigenvalue weighted by molar-refractivity contribution is 5.11. The van der Waals surface area contributed by atoms with E-state index in [0.717, 1.165) is 11.8 Å². The molecule has 0 aliphatic heterocycles. The van der Waals surface area contributed by atoms with Crippen molar-refractivity contribution in [3.63, 3.8) is 0 Å². The molecule has 0 saturated heterocycles. The first-order valence-corrected chi connectivity index (χ1v) is 3.51. The third-order valence-corrected chi connectivity index (χ3v) is 2.68. The minimum atomic E-state index is 0.333. The van der Waals surface area contributed by atoms with Crippen LogP contribution < -0.4 is 5.73 Å². The summed E-state index contributed by atoms with van der Waals surface area (Å²) in [5.74, 6) is 1.85. The lowest BCUT2D eigenvalue weighted by Gasteiger charge is -2.03. The van der Waals surface area contributed by atoms with Crippen molar-refractivity contribution in [2.75, 3.05) is 0 Å². The van der Waals surface area contributed by atoms with Gasteiger partial charge in [-0.2, -0.15) is 0 Å². The molecule has 2 N–H and O–H groups in total. The number of hydrogen-bond donors (Lipinski definition) is 1. The van der Waals surface area contributed by atoms with Crippen LogP contribution in [0.25, 0.3) is 0 Å². The molecule has 0 aromatic rings. The Morgan fingerprint density at radius 1 is 1.50 bits per heavy atom. The van der Waals surface area contributed by atoms with Crippen molar-refractivity contribution in [1.29, 1.82) is 0 Å². The molecule has 2 aliphatic carbocycles. The van der Waals surface area contributed by atoms with Crippen molar-refractivity contribution in [3.8, 4) is 0 Å². The number of hydrogen-bond acceptors (Lipinski definition) is 1. The summed E-state index contributed by atoms with van der Waals surface area (Å²) in [5.41, 5.74) is 6.28. The first-order chi connectivity index (χ1) is 3.72. The molecule has 2 aliphatic rings. The van der Waals surface area contributed by atoms with Gasteiger partial charge in [-0.25, -0.2) is 0 Å². The summed E-state index contributed by atoms with van der Waals surface area (Å²) in [6.45, 7) is 2.30. The maximum absolute atomic E-state index is 5.94. The van der Waals surface area contributed by atoms with E-state index in [1.54, 1.807) is 0 Å². The highest BCUT2D eigenvalue weighted by Crippen LogP contribution is 2.55. The van der Waals surface area contributed by atoms with E-state index < -0.39 is 0 Å². The zero-order chi connectivity index (χ0) is 5.78. The molecule has 46 valence electrons. The minimum absolute atomic E-state index is 0.333. The Morgan fingerprint density at radius 3 is 2.12 bits per heavy atom. The zero-order valence-corrected chi connectivity index (χ0v) is 5.35. The molecular weight excluding hydrogens is 98.1 g/mol. The Labute approximate surface area is 50.3 Å². The van der Waals surface area contributed by atoms with Crippen molar-refractivity contribution < 1.29 is 0 Å². The standard InChI is InChI=1S/C7H13N/c1-5-4-6(5)7(8)2-3-7/h5-6H,2-4,8H2,1H3. The Balaban J connectivity index is 1.99. The van der Waals surface area contributed by atoms with Gasteiger partial charge in [-0.1, -0.05) is 6.92 Å². The smallest absolute Gasteiger partial charge is 0.0186 e. The summed E-state index contributed by atoms with van der Waals surface area (Å²) in [4.78, 5) is 0. The molecule has 0 bridgehead atoms. The molecule has 1 nitrogen and oxygen atoms in total. The van der Waals surface area contributed by atoms with Gasteiger partial charge in [0.05, 0.1) is 0 Å². The highest BCUT2D eigenvalue weighted by atomic mass is 14.9. The van der Waals surface area contributed by atoms with E-state index in [4.69, 9.17) is 5.73 Å². The van der Waals surface area contributed by atoms with Crippen molar-refractivity contribution in [2.24, 2.45) is 17.6 Å². The second kappa shape index (κ2) is 1.10. The first-order valence-electron chi connectivity index (χ1n) is 3.51. The van der Waals surface area contributed by atoms with Gasteiger partial charge in [-0.3, -0.25) is 0 Å². The van der Waals surface area contributed by atoms with Crippen LogP contribution in [0, 0.1) is 11.8 Å². The summed E-state index contributed by atoms with van der Waals surface area (Å²) >= 11 is 0. The molecule has 2 unspecified atom stereocenters. The fourth-order valence-corrected chi connectivity index (χ4v) is 1.64. The fraction of sp³-hybridized carbons (Fsp3) is 1.00. The zero-order valence-electron chi connectivity index (χ0n) is 5.35. The Morgan fingerprint density at radius 2 is 2.00 bits per heavy atom. The quantitative estimate of drug-likeness (QED) is 0.539. The molecule has 1 heteroatoms. The van der Waals surface area contributed by atoms with Crippen LogP contribution >= 0.6 is 0 Å². The lowest BCUT2D eigenvalue weighted by Crippen LogP contribution is -2.24. The molecule has 0 aromatic heterocycles. The van der Waals surface area contributed by atoms with Crippen molar-refractivity contribution in [3.05, 3.63) is 0 Å². The predicted molar refractivity (Wildman–Crippen MR) is 33.4 cm³/mol. The minimum Gasteiger partial charge on any atom is -0.325 e. The Bertz CT molecular complexity index is 116. The van der Waals surface area contributed by atoms with Gasteiger partial charge in [0.1, 0.15) is 0 Å². The molecular formula is C7H13N. The second-order valence-corrected chi connectivity index (χ2v) is 3.55. The van der Waals surface area contributed by atoms with E-state index in [-0.39, 0.29) is 0 Å².